The summed E-state index contributed by atoms with van der Waals surface area (Å²) in [6, 6.07) is 6.46. The largest absolute Gasteiger partial charge is 0.465 e. The monoisotopic (exact) mass is 317 g/mol. The summed E-state index contributed by atoms with van der Waals surface area (Å²) in [5.41, 5.74) is 0.613. The summed E-state index contributed by atoms with van der Waals surface area (Å²) >= 11 is 0. The molecule has 0 aromatic heterocycles. The fourth-order valence-corrected chi connectivity index (χ4v) is 2.77. The first-order valence-corrected chi connectivity index (χ1v) is 7.20. The summed E-state index contributed by atoms with van der Waals surface area (Å²) in [5.74, 6) is -1.30. The van der Waals surface area contributed by atoms with Crippen LogP contribution in [0.15, 0.2) is 24.3 Å². The van der Waals surface area contributed by atoms with Crippen molar-refractivity contribution in [1.29, 1.82) is 0 Å². The van der Waals surface area contributed by atoms with Gasteiger partial charge in [-0.3, -0.25) is 19.3 Å². The molecule has 23 heavy (non-hydrogen) atoms. The van der Waals surface area contributed by atoms with Gasteiger partial charge in [-0.1, -0.05) is 12.1 Å². The molecule has 3 rings (SSSR count). The maximum Gasteiger partial charge on any atom is 0.407 e. The van der Waals surface area contributed by atoms with E-state index in [1.54, 1.807) is 24.3 Å². The zero-order chi connectivity index (χ0) is 16.6. The third-order valence-corrected chi connectivity index (χ3v) is 4.07. The van der Waals surface area contributed by atoms with Crippen molar-refractivity contribution in [2.24, 2.45) is 0 Å². The summed E-state index contributed by atoms with van der Waals surface area (Å²) in [4.78, 5) is 51.2. The Morgan fingerprint density at radius 1 is 0.913 bits per heavy atom. The van der Waals surface area contributed by atoms with E-state index in [4.69, 9.17) is 5.11 Å². The van der Waals surface area contributed by atoms with E-state index >= 15 is 0 Å². The zero-order valence-electron chi connectivity index (χ0n) is 12.3. The lowest BCUT2D eigenvalue weighted by Gasteiger charge is -2.33. The average molecular weight is 317 g/mol. The Morgan fingerprint density at radius 2 is 1.39 bits per heavy atom. The van der Waals surface area contributed by atoms with Crippen LogP contribution in [0, 0.1) is 0 Å². The molecule has 0 radical (unpaired) electrons. The number of piperazine rings is 1. The summed E-state index contributed by atoms with van der Waals surface area (Å²) in [6.07, 6.45) is -1.02. The van der Waals surface area contributed by atoms with Gasteiger partial charge >= 0.3 is 6.09 Å². The molecule has 1 saturated heterocycles. The Morgan fingerprint density at radius 3 is 1.87 bits per heavy atom. The van der Waals surface area contributed by atoms with Crippen molar-refractivity contribution in [2.75, 3.05) is 32.7 Å². The fraction of sp³-hybridized carbons (Fsp3) is 0.333. The Balaban J connectivity index is 1.65. The molecule has 1 N–H and O–H groups in total. The smallest absolute Gasteiger partial charge is 0.407 e. The number of fused-ring (bicyclic) bond motifs is 1. The van der Waals surface area contributed by atoms with Crippen LogP contribution >= 0.6 is 0 Å². The first-order valence-electron chi connectivity index (χ1n) is 7.20. The molecule has 0 unspecified atom stereocenters. The molecule has 1 aromatic rings. The van der Waals surface area contributed by atoms with Crippen LogP contribution in [0.4, 0.5) is 4.79 Å². The summed E-state index contributed by atoms with van der Waals surface area (Å²) in [7, 11) is 0. The lowest BCUT2D eigenvalue weighted by atomic mass is 10.1. The SMILES string of the molecule is O=C(O)N1CCN(C(=O)CN2C(=O)c3ccccc3C2=O)CC1. The highest BCUT2D eigenvalue weighted by Gasteiger charge is 2.37. The van der Waals surface area contributed by atoms with Gasteiger partial charge in [0.15, 0.2) is 0 Å². The van der Waals surface area contributed by atoms with Crippen LogP contribution in [0.25, 0.3) is 0 Å². The number of hydrogen-bond acceptors (Lipinski definition) is 4. The molecule has 120 valence electrons. The number of amides is 4. The molecule has 0 spiro atoms. The maximum atomic E-state index is 12.3. The van der Waals surface area contributed by atoms with Crippen molar-refractivity contribution in [3.05, 3.63) is 35.4 Å². The Kier molecular flexibility index (Phi) is 3.73. The highest BCUT2D eigenvalue weighted by Crippen LogP contribution is 2.22. The minimum atomic E-state index is -1.02. The number of carbonyl (C=O) groups is 4. The van der Waals surface area contributed by atoms with Gasteiger partial charge in [0.2, 0.25) is 5.91 Å². The van der Waals surface area contributed by atoms with E-state index in [2.05, 4.69) is 0 Å². The summed E-state index contributed by atoms with van der Waals surface area (Å²) in [5, 5.41) is 8.89. The van der Waals surface area contributed by atoms with Crippen molar-refractivity contribution in [3.63, 3.8) is 0 Å². The lowest BCUT2D eigenvalue weighted by molar-refractivity contribution is -0.133. The molecule has 8 heteroatoms. The second kappa shape index (κ2) is 5.71. The molecular formula is C15H15N3O5. The summed E-state index contributed by atoms with van der Waals surface area (Å²) < 4.78 is 0. The van der Waals surface area contributed by atoms with E-state index in [1.165, 1.54) is 9.80 Å². The van der Waals surface area contributed by atoms with Gasteiger partial charge in [-0.15, -0.1) is 0 Å². The van der Waals surface area contributed by atoms with E-state index in [0.717, 1.165) is 4.90 Å². The van der Waals surface area contributed by atoms with Gasteiger partial charge in [0, 0.05) is 26.2 Å². The van der Waals surface area contributed by atoms with Crippen molar-refractivity contribution in [3.8, 4) is 0 Å². The second-order valence-corrected chi connectivity index (χ2v) is 5.39. The van der Waals surface area contributed by atoms with Crippen LogP contribution in [0.3, 0.4) is 0 Å². The number of carbonyl (C=O) groups excluding carboxylic acids is 3. The van der Waals surface area contributed by atoms with Crippen LogP contribution in [-0.2, 0) is 4.79 Å². The predicted octanol–water partition coefficient (Wildman–Crippen LogP) is 0.105. The van der Waals surface area contributed by atoms with Crippen LogP contribution in [-0.4, -0.2) is 76.3 Å². The van der Waals surface area contributed by atoms with Crippen LogP contribution < -0.4 is 0 Å². The van der Waals surface area contributed by atoms with E-state index in [0.29, 0.717) is 11.1 Å². The Hall–Kier alpha value is -2.90. The molecule has 2 aliphatic heterocycles. The fourth-order valence-electron chi connectivity index (χ4n) is 2.77. The van der Waals surface area contributed by atoms with Crippen LogP contribution in [0.1, 0.15) is 20.7 Å². The summed E-state index contributed by atoms with van der Waals surface area (Å²) in [6.45, 7) is 0.647. The number of imide groups is 1. The maximum absolute atomic E-state index is 12.3. The topological polar surface area (TPSA) is 98.2 Å². The number of rotatable bonds is 2. The molecule has 1 fully saturated rings. The van der Waals surface area contributed by atoms with Gasteiger partial charge in [0.25, 0.3) is 11.8 Å². The molecule has 0 aliphatic carbocycles. The molecule has 0 bridgehead atoms. The molecule has 0 atom stereocenters. The third kappa shape index (κ3) is 2.63. The van der Waals surface area contributed by atoms with Gasteiger partial charge in [-0.25, -0.2) is 4.79 Å². The average Bonchev–Trinajstić information content (AvgIpc) is 2.80. The normalized spacial score (nSPS) is 17.5. The van der Waals surface area contributed by atoms with Gasteiger partial charge in [0.1, 0.15) is 6.54 Å². The highest BCUT2D eigenvalue weighted by atomic mass is 16.4. The van der Waals surface area contributed by atoms with Crippen molar-refractivity contribution in [2.45, 2.75) is 0 Å². The number of benzene rings is 1. The molecule has 2 aliphatic rings. The van der Waals surface area contributed by atoms with Gasteiger partial charge < -0.3 is 14.9 Å². The first-order chi connectivity index (χ1) is 11.0. The zero-order valence-corrected chi connectivity index (χ0v) is 12.3. The number of nitrogens with zero attached hydrogens (tertiary/aromatic N) is 3. The quantitative estimate of drug-likeness (QED) is 0.780. The minimum Gasteiger partial charge on any atom is -0.465 e. The van der Waals surface area contributed by atoms with Gasteiger partial charge in [-0.05, 0) is 12.1 Å². The molecule has 8 nitrogen and oxygen atoms in total. The molecule has 0 saturated carbocycles. The number of hydrogen-bond donors (Lipinski definition) is 1. The third-order valence-electron chi connectivity index (χ3n) is 4.07. The van der Waals surface area contributed by atoms with Crippen LogP contribution in [0.2, 0.25) is 0 Å². The van der Waals surface area contributed by atoms with Crippen molar-refractivity contribution in [1.82, 2.24) is 14.7 Å². The molecule has 2 heterocycles. The predicted molar refractivity (Wildman–Crippen MR) is 78.0 cm³/mol. The van der Waals surface area contributed by atoms with Gasteiger partial charge in [0.05, 0.1) is 11.1 Å². The second-order valence-electron chi connectivity index (χ2n) is 5.39. The van der Waals surface area contributed by atoms with Crippen LogP contribution in [0.5, 0.6) is 0 Å². The highest BCUT2D eigenvalue weighted by molar-refractivity contribution is 6.22. The van der Waals surface area contributed by atoms with Crippen molar-refractivity contribution >= 4 is 23.8 Å². The standard InChI is InChI=1S/C15H15N3O5/c19-12(16-5-7-17(8-6-16)15(22)23)9-18-13(20)10-3-1-2-4-11(10)14(18)21/h1-4H,5-9H2,(H,22,23). The molecule has 1 aromatic carbocycles. The number of carboxylic acid groups (broad SMARTS) is 1. The minimum absolute atomic E-state index is 0.225. The van der Waals surface area contributed by atoms with E-state index in [1.807, 2.05) is 0 Å². The van der Waals surface area contributed by atoms with E-state index in [-0.39, 0.29) is 38.6 Å². The van der Waals surface area contributed by atoms with E-state index < -0.39 is 17.9 Å². The first kappa shape index (κ1) is 15.0. The van der Waals surface area contributed by atoms with E-state index in [9.17, 15) is 19.2 Å². The lowest BCUT2D eigenvalue weighted by Crippen LogP contribution is -2.52. The molecular weight excluding hydrogens is 302 g/mol. The Labute approximate surface area is 131 Å². The Bertz CT molecular complexity index is 659. The molecule has 4 amide bonds. The van der Waals surface area contributed by atoms with Gasteiger partial charge in [-0.2, -0.15) is 0 Å². The van der Waals surface area contributed by atoms with Crippen molar-refractivity contribution < 1.29 is 24.3 Å².